The highest BCUT2D eigenvalue weighted by Gasteiger charge is 2.21. The molecule has 2 aromatic carbocycles. The van der Waals surface area contributed by atoms with Crippen molar-refractivity contribution >= 4 is 38.2 Å². The molecular weight excluding hydrogens is 405 g/mol. The van der Waals surface area contributed by atoms with Crippen LogP contribution in [0.2, 0.25) is 0 Å². The first-order valence-corrected chi connectivity index (χ1v) is 10.5. The third-order valence-electron chi connectivity index (χ3n) is 4.84. The van der Waals surface area contributed by atoms with Crippen molar-refractivity contribution in [3.05, 3.63) is 58.9 Å². The monoisotopic (exact) mass is 429 g/mol. The molecule has 0 unspecified atom stereocenters. The number of rotatable bonds is 8. The number of carbonyl (C=O) groups excluding carboxylic acids is 2. The maximum Gasteiger partial charge on any atom is 0.256 e. The maximum atomic E-state index is 13.7. The molecule has 0 spiro atoms. The van der Waals surface area contributed by atoms with E-state index in [0.717, 1.165) is 55.1 Å². The molecule has 0 fully saturated rings. The minimum Gasteiger partial charge on any atom is -0.505 e. The highest BCUT2D eigenvalue weighted by atomic mass is 32.1. The lowest BCUT2D eigenvalue weighted by molar-refractivity contribution is 0.100. The summed E-state index contributed by atoms with van der Waals surface area (Å²) in [4.78, 5) is 27.0. The number of primary amides is 1. The van der Waals surface area contributed by atoms with E-state index in [1.54, 1.807) is 12.1 Å². The summed E-state index contributed by atoms with van der Waals surface area (Å²) in [5, 5.41) is 12.8. The van der Waals surface area contributed by atoms with Gasteiger partial charge in [0.1, 0.15) is 5.00 Å². The number of nitrogens with two attached hydrogens (primary N) is 1. The summed E-state index contributed by atoms with van der Waals surface area (Å²) < 4.78 is 14.1. The Morgan fingerprint density at radius 3 is 2.50 bits per heavy atom. The number of aromatic hydroxyl groups is 1. The summed E-state index contributed by atoms with van der Waals surface area (Å²) in [5.74, 6) is -2.56. The molecule has 4 N–H and O–H groups in total. The number of carbonyl (C=O) groups is 2. The summed E-state index contributed by atoms with van der Waals surface area (Å²) in [6.45, 7) is 7.03. The molecule has 0 saturated carbocycles. The number of phenolic OH excluding ortho intramolecular Hbond substituents is 1. The van der Waals surface area contributed by atoms with Gasteiger partial charge in [0.25, 0.3) is 11.8 Å². The number of hydrogen-bond acceptors (Lipinski definition) is 5. The molecule has 2 amide bonds. The molecule has 0 saturated heterocycles. The number of anilines is 1. The zero-order chi connectivity index (χ0) is 21.8. The van der Waals surface area contributed by atoms with Gasteiger partial charge >= 0.3 is 0 Å². The van der Waals surface area contributed by atoms with Crippen LogP contribution < -0.4 is 11.1 Å². The number of nitrogens with one attached hydrogen (secondary N) is 1. The molecule has 1 heterocycles. The van der Waals surface area contributed by atoms with Crippen molar-refractivity contribution in [2.75, 3.05) is 18.4 Å². The van der Waals surface area contributed by atoms with Gasteiger partial charge in [0.15, 0.2) is 11.6 Å². The fourth-order valence-corrected chi connectivity index (χ4v) is 4.41. The third kappa shape index (κ3) is 4.60. The Kier molecular flexibility index (Phi) is 6.69. The summed E-state index contributed by atoms with van der Waals surface area (Å²) in [6.07, 6.45) is 1.08. The van der Waals surface area contributed by atoms with Gasteiger partial charge in [-0.1, -0.05) is 26.0 Å². The quantitative estimate of drug-likeness (QED) is 0.497. The summed E-state index contributed by atoms with van der Waals surface area (Å²) in [5.41, 5.74) is 7.05. The number of nitrogens with zero attached hydrogens (tertiary/aromatic N) is 1. The predicted molar refractivity (Wildman–Crippen MR) is 118 cm³/mol. The smallest absolute Gasteiger partial charge is 0.256 e. The average Bonchev–Trinajstić information content (AvgIpc) is 3.05. The first-order valence-electron chi connectivity index (χ1n) is 9.71. The molecule has 0 atom stereocenters. The topological polar surface area (TPSA) is 95.7 Å². The number of amides is 2. The molecule has 0 radical (unpaired) electrons. The average molecular weight is 430 g/mol. The minimum atomic E-state index is -0.808. The molecule has 8 heteroatoms. The van der Waals surface area contributed by atoms with Crippen LogP contribution in [0.3, 0.4) is 0 Å². The van der Waals surface area contributed by atoms with Crippen molar-refractivity contribution in [2.24, 2.45) is 5.73 Å². The Morgan fingerprint density at radius 2 is 1.90 bits per heavy atom. The van der Waals surface area contributed by atoms with Crippen LogP contribution >= 0.6 is 11.3 Å². The first kappa shape index (κ1) is 21.7. The van der Waals surface area contributed by atoms with E-state index in [2.05, 4.69) is 24.1 Å². The van der Waals surface area contributed by atoms with Gasteiger partial charge < -0.3 is 16.2 Å². The van der Waals surface area contributed by atoms with Crippen LogP contribution in [0.15, 0.2) is 36.4 Å². The van der Waals surface area contributed by atoms with Gasteiger partial charge in [0, 0.05) is 22.2 Å². The van der Waals surface area contributed by atoms with Crippen molar-refractivity contribution in [3.8, 4) is 5.75 Å². The van der Waals surface area contributed by atoms with Gasteiger partial charge in [-0.05, 0) is 49.3 Å². The van der Waals surface area contributed by atoms with Gasteiger partial charge in [-0.3, -0.25) is 14.5 Å². The molecule has 0 aliphatic heterocycles. The highest BCUT2D eigenvalue weighted by molar-refractivity contribution is 7.23. The van der Waals surface area contributed by atoms with E-state index in [0.29, 0.717) is 15.6 Å². The molecule has 0 bridgehead atoms. The van der Waals surface area contributed by atoms with Crippen LogP contribution in [-0.4, -0.2) is 34.9 Å². The van der Waals surface area contributed by atoms with Crippen molar-refractivity contribution in [3.63, 3.8) is 0 Å². The van der Waals surface area contributed by atoms with E-state index in [4.69, 9.17) is 5.73 Å². The Bertz CT molecular complexity index is 1080. The lowest BCUT2D eigenvalue weighted by atomic mass is 10.1. The molecule has 158 valence electrons. The number of thiophene rings is 1. The highest BCUT2D eigenvalue weighted by Crippen LogP contribution is 2.38. The SMILES string of the molecule is CCCN(CC)Cc1ccc(C(=O)Nc2sc3cc(F)c(O)cc3c2C(N)=O)cc1. The third-order valence-corrected chi connectivity index (χ3v) is 5.91. The molecule has 30 heavy (non-hydrogen) atoms. The normalized spacial score (nSPS) is 11.2. The fraction of sp³-hybridized carbons (Fsp3) is 0.273. The van der Waals surface area contributed by atoms with Crippen LogP contribution in [0.5, 0.6) is 5.75 Å². The molecule has 6 nitrogen and oxygen atoms in total. The summed E-state index contributed by atoms with van der Waals surface area (Å²) in [6, 6.07) is 9.52. The Balaban J connectivity index is 1.83. The molecule has 0 aliphatic carbocycles. The van der Waals surface area contributed by atoms with Crippen LogP contribution in [0.25, 0.3) is 10.1 Å². The van der Waals surface area contributed by atoms with Crippen LogP contribution in [0, 0.1) is 5.82 Å². The Labute approximate surface area is 178 Å². The number of phenols is 1. The van der Waals surface area contributed by atoms with E-state index in [9.17, 15) is 19.1 Å². The number of benzene rings is 2. The van der Waals surface area contributed by atoms with Gasteiger partial charge in [0.05, 0.1) is 5.56 Å². The van der Waals surface area contributed by atoms with Gasteiger partial charge in [-0.25, -0.2) is 4.39 Å². The van der Waals surface area contributed by atoms with E-state index >= 15 is 0 Å². The van der Waals surface area contributed by atoms with Gasteiger partial charge in [0.2, 0.25) is 0 Å². The van der Waals surface area contributed by atoms with Crippen molar-refractivity contribution in [1.82, 2.24) is 4.90 Å². The second kappa shape index (κ2) is 9.23. The van der Waals surface area contributed by atoms with Crippen LogP contribution in [0.4, 0.5) is 9.39 Å². The first-order chi connectivity index (χ1) is 14.3. The zero-order valence-corrected chi connectivity index (χ0v) is 17.7. The zero-order valence-electron chi connectivity index (χ0n) is 16.9. The molecular formula is C22H24FN3O3S. The number of hydrogen-bond donors (Lipinski definition) is 3. The fourth-order valence-electron chi connectivity index (χ4n) is 3.30. The summed E-state index contributed by atoms with van der Waals surface area (Å²) >= 11 is 1.03. The lowest BCUT2D eigenvalue weighted by Crippen LogP contribution is -2.23. The van der Waals surface area contributed by atoms with Crippen molar-refractivity contribution < 1.29 is 19.1 Å². The molecule has 3 aromatic rings. The second-order valence-corrected chi connectivity index (χ2v) is 8.04. The van der Waals surface area contributed by atoms with E-state index in [1.807, 2.05) is 12.1 Å². The van der Waals surface area contributed by atoms with Gasteiger partial charge in [-0.2, -0.15) is 0 Å². The minimum absolute atomic E-state index is 0.0495. The van der Waals surface area contributed by atoms with E-state index in [-0.39, 0.29) is 10.6 Å². The number of halogens is 1. The standard InChI is InChI=1S/C22H24FN3O3S/c1-3-9-26(4-2)12-13-5-7-14(8-6-13)21(29)25-22-19(20(24)28)15-10-17(27)16(23)11-18(15)30-22/h5-8,10-11,27H,3-4,9,12H2,1-2H3,(H2,24,28)(H,25,29). The van der Waals surface area contributed by atoms with Gasteiger partial charge in [-0.15, -0.1) is 11.3 Å². The van der Waals surface area contributed by atoms with Crippen molar-refractivity contribution in [2.45, 2.75) is 26.8 Å². The molecule has 3 rings (SSSR count). The summed E-state index contributed by atoms with van der Waals surface area (Å²) in [7, 11) is 0. The molecule has 1 aromatic heterocycles. The predicted octanol–water partition coefficient (Wildman–Crippen LogP) is 4.33. The second-order valence-electron chi connectivity index (χ2n) is 6.99. The largest absolute Gasteiger partial charge is 0.505 e. The maximum absolute atomic E-state index is 13.7. The Hall–Kier alpha value is -2.97. The van der Waals surface area contributed by atoms with Crippen LogP contribution in [0.1, 0.15) is 46.5 Å². The van der Waals surface area contributed by atoms with E-state index in [1.165, 1.54) is 0 Å². The molecule has 0 aliphatic rings. The van der Waals surface area contributed by atoms with Crippen LogP contribution in [-0.2, 0) is 6.54 Å². The Morgan fingerprint density at radius 1 is 1.20 bits per heavy atom. The lowest BCUT2D eigenvalue weighted by Gasteiger charge is -2.19. The number of fused-ring (bicyclic) bond motifs is 1. The van der Waals surface area contributed by atoms with Crippen molar-refractivity contribution in [1.29, 1.82) is 0 Å². The van der Waals surface area contributed by atoms with E-state index < -0.39 is 23.4 Å².